The van der Waals surface area contributed by atoms with Crippen molar-refractivity contribution in [1.82, 2.24) is 4.90 Å². The minimum absolute atomic E-state index is 0.0165. The summed E-state index contributed by atoms with van der Waals surface area (Å²) in [5.74, 6) is 1.77. The lowest BCUT2D eigenvalue weighted by Crippen LogP contribution is -2.42. The van der Waals surface area contributed by atoms with E-state index in [1.807, 2.05) is 11.9 Å². The molecule has 4 nitrogen and oxygen atoms in total. The molecule has 1 saturated carbocycles. The van der Waals surface area contributed by atoms with E-state index in [0.717, 1.165) is 10.9 Å². The predicted octanol–water partition coefficient (Wildman–Crippen LogP) is 4.12. The summed E-state index contributed by atoms with van der Waals surface area (Å²) in [6, 6.07) is 3.83. The molecule has 0 radical (unpaired) electrons. The number of carbonyl (C=O) groups excluding carboxylic acids is 1. The number of carbonyl (C=O) groups is 1. The van der Waals surface area contributed by atoms with Crippen molar-refractivity contribution in [2.45, 2.75) is 38.6 Å². The zero-order valence-electron chi connectivity index (χ0n) is 13.7. The van der Waals surface area contributed by atoms with Gasteiger partial charge in [-0.3, -0.25) is 4.79 Å². The van der Waals surface area contributed by atoms with Crippen molar-refractivity contribution in [3.63, 3.8) is 0 Å². The van der Waals surface area contributed by atoms with E-state index in [0.29, 0.717) is 29.0 Å². The van der Waals surface area contributed by atoms with Gasteiger partial charge in [0.05, 0.1) is 14.2 Å². The summed E-state index contributed by atoms with van der Waals surface area (Å²) in [6.45, 7) is 2.23. The van der Waals surface area contributed by atoms with Gasteiger partial charge < -0.3 is 14.4 Å². The molecule has 2 rings (SSSR count). The number of rotatable bonds is 4. The first-order valence-corrected chi connectivity index (χ1v) is 8.47. The smallest absolute Gasteiger partial charge is 0.254 e. The van der Waals surface area contributed by atoms with Gasteiger partial charge in [0.15, 0.2) is 0 Å². The molecule has 1 aromatic rings. The van der Waals surface area contributed by atoms with Crippen molar-refractivity contribution in [1.29, 1.82) is 0 Å². The first-order valence-electron chi connectivity index (χ1n) is 7.68. The summed E-state index contributed by atoms with van der Waals surface area (Å²) in [4.78, 5) is 14.7. The van der Waals surface area contributed by atoms with Crippen molar-refractivity contribution in [2.75, 3.05) is 21.3 Å². The van der Waals surface area contributed by atoms with Gasteiger partial charge in [0, 0.05) is 18.7 Å². The van der Waals surface area contributed by atoms with Crippen molar-refractivity contribution >= 4 is 21.8 Å². The summed E-state index contributed by atoms with van der Waals surface area (Å²) < 4.78 is 11.4. The number of amides is 1. The first kappa shape index (κ1) is 17.1. The molecule has 2 atom stereocenters. The van der Waals surface area contributed by atoms with E-state index in [1.165, 1.54) is 19.3 Å². The van der Waals surface area contributed by atoms with Crippen LogP contribution in [0.25, 0.3) is 0 Å². The van der Waals surface area contributed by atoms with Gasteiger partial charge in [-0.2, -0.15) is 0 Å². The number of ether oxygens (including phenoxy) is 2. The van der Waals surface area contributed by atoms with Gasteiger partial charge in [0.2, 0.25) is 0 Å². The summed E-state index contributed by atoms with van der Waals surface area (Å²) in [5.41, 5.74) is 0.595. The van der Waals surface area contributed by atoms with Gasteiger partial charge in [-0.05, 0) is 46.8 Å². The monoisotopic (exact) mass is 369 g/mol. The molecular formula is C17H24BrNO3. The van der Waals surface area contributed by atoms with Crippen LogP contribution in [0, 0.1) is 5.92 Å². The van der Waals surface area contributed by atoms with Crippen LogP contribution in [0.3, 0.4) is 0 Å². The van der Waals surface area contributed by atoms with Crippen LogP contribution >= 0.6 is 15.9 Å². The maximum Gasteiger partial charge on any atom is 0.254 e. The minimum Gasteiger partial charge on any atom is -0.495 e. The Kier molecular flexibility index (Phi) is 5.73. The molecule has 1 aliphatic rings. The molecule has 0 spiro atoms. The Morgan fingerprint density at radius 3 is 2.23 bits per heavy atom. The molecule has 1 aliphatic carbocycles. The molecule has 122 valence electrons. The zero-order valence-corrected chi connectivity index (χ0v) is 15.3. The number of methoxy groups -OCH3 is 2. The second kappa shape index (κ2) is 7.36. The van der Waals surface area contributed by atoms with Crippen LogP contribution in [-0.2, 0) is 0 Å². The van der Waals surface area contributed by atoms with Crippen LogP contribution in [0.15, 0.2) is 16.6 Å². The number of benzene rings is 1. The average Bonchev–Trinajstić information content (AvgIpc) is 2.54. The van der Waals surface area contributed by atoms with E-state index >= 15 is 0 Å². The first-order chi connectivity index (χ1) is 10.5. The molecule has 5 heteroatoms. The van der Waals surface area contributed by atoms with Crippen LogP contribution in [0.4, 0.5) is 0 Å². The molecule has 0 unspecified atom stereocenters. The molecular weight excluding hydrogens is 346 g/mol. The second-order valence-electron chi connectivity index (χ2n) is 5.94. The highest BCUT2D eigenvalue weighted by atomic mass is 79.9. The molecule has 0 heterocycles. The van der Waals surface area contributed by atoms with E-state index in [9.17, 15) is 4.79 Å². The third-order valence-electron chi connectivity index (χ3n) is 4.58. The molecule has 0 N–H and O–H groups in total. The van der Waals surface area contributed by atoms with Gasteiger partial charge in [-0.25, -0.2) is 0 Å². The molecule has 1 amide bonds. The Balaban J connectivity index is 2.28. The van der Waals surface area contributed by atoms with Crippen molar-refractivity contribution in [3.05, 3.63) is 22.2 Å². The largest absolute Gasteiger partial charge is 0.495 e. The van der Waals surface area contributed by atoms with E-state index < -0.39 is 0 Å². The summed E-state index contributed by atoms with van der Waals surface area (Å²) >= 11 is 3.43. The number of hydrogen-bond acceptors (Lipinski definition) is 3. The van der Waals surface area contributed by atoms with Crippen molar-refractivity contribution < 1.29 is 14.3 Å². The Morgan fingerprint density at radius 1 is 1.18 bits per heavy atom. The Bertz CT molecular complexity index is 522. The molecule has 0 bridgehead atoms. The standard InChI is InChI=1S/C17H24BrNO3/c1-11-7-5-6-8-13(11)19(2)17(20)12-9-14(21-3)16(18)15(10-12)22-4/h9-11,13H,5-8H2,1-4H3/t11-,13+/m1/s1. The maximum atomic E-state index is 12.8. The fraction of sp³-hybridized carbons (Fsp3) is 0.588. The molecule has 1 aromatic carbocycles. The van der Waals surface area contributed by atoms with Gasteiger partial charge >= 0.3 is 0 Å². The van der Waals surface area contributed by atoms with Crippen molar-refractivity contribution in [3.8, 4) is 11.5 Å². The highest BCUT2D eigenvalue weighted by Crippen LogP contribution is 2.36. The van der Waals surface area contributed by atoms with E-state index in [1.54, 1.807) is 26.4 Å². The van der Waals surface area contributed by atoms with Crippen LogP contribution in [0.2, 0.25) is 0 Å². The van der Waals surface area contributed by atoms with Crippen molar-refractivity contribution in [2.24, 2.45) is 5.92 Å². The molecule has 1 fully saturated rings. The Hall–Kier alpha value is -1.23. The van der Waals surface area contributed by atoms with E-state index in [2.05, 4.69) is 22.9 Å². The van der Waals surface area contributed by atoms with Gasteiger partial charge in [0.1, 0.15) is 16.0 Å². The van der Waals surface area contributed by atoms with Gasteiger partial charge in [0.25, 0.3) is 5.91 Å². The SMILES string of the molecule is COc1cc(C(=O)N(C)[C@H]2CCCC[C@H]2C)cc(OC)c1Br. The highest BCUT2D eigenvalue weighted by Gasteiger charge is 2.29. The lowest BCUT2D eigenvalue weighted by molar-refractivity contribution is 0.0628. The van der Waals surface area contributed by atoms with E-state index in [-0.39, 0.29) is 5.91 Å². The Morgan fingerprint density at radius 2 is 1.73 bits per heavy atom. The normalized spacial score (nSPS) is 21.3. The van der Waals surface area contributed by atoms with Crippen LogP contribution in [0.1, 0.15) is 43.0 Å². The Labute approximate surface area is 140 Å². The molecule has 0 saturated heterocycles. The number of halogens is 1. The third-order valence-corrected chi connectivity index (χ3v) is 5.36. The highest BCUT2D eigenvalue weighted by molar-refractivity contribution is 9.10. The lowest BCUT2D eigenvalue weighted by Gasteiger charge is -2.36. The third kappa shape index (κ3) is 3.40. The van der Waals surface area contributed by atoms with E-state index in [4.69, 9.17) is 9.47 Å². The zero-order chi connectivity index (χ0) is 16.3. The molecule has 0 aromatic heterocycles. The average molecular weight is 370 g/mol. The summed E-state index contributed by atoms with van der Waals surface area (Å²) in [6.07, 6.45) is 4.72. The summed E-state index contributed by atoms with van der Waals surface area (Å²) in [5, 5.41) is 0. The topological polar surface area (TPSA) is 38.8 Å². The number of nitrogens with zero attached hydrogens (tertiary/aromatic N) is 1. The van der Waals surface area contributed by atoms with Crippen LogP contribution < -0.4 is 9.47 Å². The predicted molar refractivity (Wildman–Crippen MR) is 90.8 cm³/mol. The van der Waals surface area contributed by atoms with Gasteiger partial charge in [-0.15, -0.1) is 0 Å². The summed E-state index contributed by atoms with van der Waals surface area (Å²) in [7, 11) is 5.07. The molecule has 0 aliphatic heterocycles. The minimum atomic E-state index is 0.0165. The quantitative estimate of drug-likeness (QED) is 0.801. The lowest BCUT2D eigenvalue weighted by atomic mass is 9.85. The fourth-order valence-corrected chi connectivity index (χ4v) is 3.77. The fourth-order valence-electron chi connectivity index (χ4n) is 3.22. The van der Waals surface area contributed by atoms with Crippen LogP contribution in [-0.4, -0.2) is 38.1 Å². The van der Waals surface area contributed by atoms with Gasteiger partial charge in [-0.1, -0.05) is 19.8 Å². The molecule has 22 heavy (non-hydrogen) atoms. The maximum absolute atomic E-state index is 12.8. The second-order valence-corrected chi connectivity index (χ2v) is 6.73. The number of hydrogen-bond donors (Lipinski definition) is 0. The van der Waals surface area contributed by atoms with Crippen LogP contribution in [0.5, 0.6) is 11.5 Å².